The van der Waals surface area contributed by atoms with Crippen LogP contribution in [0.15, 0.2) is 0 Å². The molecule has 1 saturated heterocycles. The Hall–Kier alpha value is -0.160. The summed E-state index contributed by atoms with van der Waals surface area (Å²) >= 11 is 0. The minimum absolute atomic E-state index is 0.362. The molecule has 0 spiro atoms. The summed E-state index contributed by atoms with van der Waals surface area (Å²) in [4.78, 5) is 0. The van der Waals surface area contributed by atoms with E-state index in [0.717, 1.165) is 0 Å². The molecule has 0 amide bonds. The third kappa shape index (κ3) is 1.10. The molecule has 1 heterocycles. The van der Waals surface area contributed by atoms with Crippen molar-refractivity contribution in [3.8, 4) is 0 Å². The van der Waals surface area contributed by atoms with Crippen LogP contribution in [0.4, 0.5) is 0 Å². The first-order valence-corrected chi connectivity index (χ1v) is 2.08. The lowest BCUT2D eigenvalue weighted by atomic mass is 10.6. The van der Waals surface area contributed by atoms with E-state index in [1.54, 1.807) is 0 Å². The fourth-order valence-electron chi connectivity index (χ4n) is 0.479. The number of β-amino-alcohol motifs (C(OH)–C–C–N with tert-alkyl or cyclic N) is 1. The first kappa shape index (κ1) is 4.99. The van der Waals surface area contributed by atoms with Crippen molar-refractivity contribution in [1.29, 1.82) is 0 Å². The second-order valence-electron chi connectivity index (χ2n) is 1.41. The fourth-order valence-corrected chi connectivity index (χ4v) is 0.479. The highest BCUT2D eigenvalue weighted by molar-refractivity contribution is 4.65. The topological polar surface area (TPSA) is 66.6 Å². The van der Waals surface area contributed by atoms with Crippen molar-refractivity contribution in [2.75, 3.05) is 6.54 Å². The van der Waals surface area contributed by atoms with Crippen molar-refractivity contribution in [2.24, 2.45) is 0 Å². The number of hydrogen-bond donors (Lipinski definition) is 3. The molecule has 1 rings (SSSR count). The van der Waals surface area contributed by atoms with Crippen LogP contribution >= 0.6 is 0 Å². The van der Waals surface area contributed by atoms with Crippen LogP contribution in [0.5, 0.6) is 0 Å². The van der Waals surface area contributed by atoms with Gasteiger partial charge in [-0.25, -0.2) is 0 Å². The van der Waals surface area contributed by atoms with E-state index in [-0.39, 0.29) is 0 Å². The number of rotatable bonds is 0. The first-order valence-electron chi connectivity index (χ1n) is 2.08. The molecule has 2 unspecified atom stereocenters. The minimum atomic E-state index is -0.852. The summed E-state index contributed by atoms with van der Waals surface area (Å²) in [6.45, 7) is 0.362. The maximum atomic E-state index is 8.51. The highest BCUT2D eigenvalue weighted by Gasteiger charge is 2.18. The molecule has 1 radical (unpaired) electrons. The number of aliphatic hydroxyl groups is 2. The van der Waals surface area contributed by atoms with E-state index in [2.05, 4.69) is 10.6 Å². The Bertz CT molecular complexity index is 60.0. The molecule has 7 heavy (non-hydrogen) atoms. The maximum Gasteiger partial charge on any atom is 0.178 e. The first-order chi connectivity index (χ1) is 3.29. The summed E-state index contributed by atoms with van der Waals surface area (Å²) in [6, 6.07) is 0. The Labute approximate surface area is 41.2 Å². The van der Waals surface area contributed by atoms with E-state index in [4.69, 9.17) is 10.2 Å². The van der Waals surface area contributed by atoms with Crippen LogP contribution in [0.2, 0.25) is 0 Å². The van der Waals surface area contributed by atoms with E-state index in [1.807, 2.05) is 0 Å². The molecular weight excluding hydrogens is 96.0 g/mol. The Morgan fingerprint density at radius 3 is 2.43 bits per heavy atom. The van der Waals surface area contributed by atoms with Crippen molar-refractivity contribution in [1.82, 2.24) is 10.6 Å². The summed E-state index contributed by atoms with van der Waals surface area (Å²) in [7, 11) is 0. The quantitative estimate of drug-likeness (QED) is 0.325. The van der Waals surface area contributed by atoms with Crippen molar-refractivity contribution in [3.05, 3.63) is 0 Å². The smallest absolute Gasteiger partial charge is 0.178 e. The van der Waals surface area contributed by atoms with Crippen molar-refractivity contribution in [2.45, 2.75) is 12.6 Å². The van der Waals surface area contributed by atoms with Crippen LogP contribution in [0.25, 0.3) is 0 Å². The van der Waals surface area contributed by atoms with Crippen LogP contribution in [-0.4, -0.2) is 29.3 Å². The van der Waals surface area contributed by atoms with E-state index in [9.17, 15) is 0 Å². The fraction of sp³-hybridized carbons (Fsp3) is 1.00. The monoisotopic (exact) mass is 103 g/mol. The van der Waals surface area contributed by atoms with Gasteiger partial charge in [0.1, 0.15) is 6.23 Å². The molecule has 2 atom stereocenters. The predicted octanol–water partition coefficient (Wildman–Crippen LogP) is -2.21. The molecule has 1 aliphatic heterocycles. The SMILES string of the molecule is OC1CNC(O)[N]1. The zero-order chi connectivity index (χ0) is 5.28. The van der Waals surface area contributed by atoms with Gasteiger partial charge in [-0.2, -0.15) is 5.32 Å². The van der Waals surface area contributed by atoms with E-state index < -0.39 is 12.6 Å². The molecule has 0 bridgehead atoms. The van der Waals surface area contributed by atoms with Gasteiger partial charge in [-0.15, -0.1) is 0 Å². The number of nitrogens with one attached hydrogen (secondary N) is 1. The lowest BCUT2D eigenvalue weighted by Gasteiger charge is -1.95. The summed E-state index contributed by atoms with van der Waals surface area (Å²) in [6.07, 6.45) is -1.56. The van der Waals surface area contributed by atoms with Crippen LogP contribution in [0.3, 0.4) is 0 Å². The van der Waals surface area contributed by atoms with Crippen molar-refractivity contribution >= 4 is 0 Å². The molecule has 4 heteroatoms. The third-order valence-electron chi connectivity index (χ3n) is 0.796. The van der Waals surface area contributed by atoms with E-state index in [0.29, 0.717) is 6.54 Å². The standard InChI is InChI=1S/C3H7N2O2/c6-2-1-4-3(7)5-2/h2-4,6-7H,1H2. The second-order valence-corrected chi connectivity index (χ2v) is 1.41. The van der Waals surface area contributed by atoms with Gasteiger partial charge in [0.15, 0.2) is 6.35 Å². The highest BCUT2D eigenvalue weighted by Crippen LogP contribution is 1.88. The van der Waals surface area contributed by atoms with Gasteiger partial charge in [-0.05, 0) is 0 Å². The Balaban J connectivity index is 2.26. The van der Waals surface area contributed by atoms with Crippen LogP contribution in [0.1, 0.15) is 0 Å². The van der Waals surface area contributed by atoms with Gasteiger partial charge >= 0.3 is 0 Å². The zero-order valence-corrected chi connectivity index (χ0v) is 3.70. The normalized spacial score (nSPS) is 42.0. The molecule has 1 aliphatic rings. The van der Waals surface area contributed by atoms with E-state index in [1.165, 1.54) is 0 Å². The largest absolute Gasteiger partial charge is 0.376 e. The maximum absolute atomic E-state index is 8.51. The molecule has 0 aliphatic carbocycles. The number of hydrogen-bond acceptors (Lipinski definition) is 3. The number of aliphatic hydroxyl groups excluding tert-OH is 2. The van der Waals surface area contributed by atoms with Crippen LogP contribution < -0.4 is 10.6 Å². The summed E-state index contributed by atoms with van der Waals surface area (Å²) in [5, 5.41) is 22.9. The Kier molecular flexibility index (Phi) is 1.25. The Morgan fingerprint density at radius 2 is 2.29 bits per heavy atom. The molecule has 3 N–H and O–H groups in total. The molecule has 0 aromatic heterocycles. The zero-order valence-electron chi connectivity index (χ0n) is 3.70. The van der Waals surface area contributed by atoms with Gasteiger partial charge in [0.05, 0.1) is 0 Å². The Morgan fingerprint density at radius 1 is 1.57 bits per heavy atom. The molecule has 4 nitrogen and oxygen atoms in total. The average Bonchev–Trinajstić information content (AvgIpc) is 1.87. The summed E-state index contributed by atoms with van der Waals surface area (Å²) in [5.74, 6) is 0. The van der Waals surface area contributed by atoms with Crippen LogP contribution in [0, 0.1) is 0 Å². The lowest BCUT2D eigenvalue weighted by Crippen LogP contribution is -2.26. The number of nitrogens with zero attached hydrogens (tertiary/aromatic N) is 1. The van der Waals surface area contributed by atoms with Gasteiger partial charge in [-0.1, -0.05) is 0 Å². The third-order valence-corrected chi connectivity index (χ3v) is 0.796. The molecule has 1 fully saturated rings. The molecule has 41 valence electrons. The highest BCUT2D eigenvalue weighted by atomic mass is 16.3. The van der Waals surface area contributed by atoms with Gasteiger partial charge in [0.2, 0.25) is 0 Å². The van der Waals surface area contributed by atoms with Gasteiger partial charge in [0, 0.05) is 6.54 Å². The van der Waals surface area contributed by atoms with Gasteiger partial charge < -0.3 is 10.2 Å². The van der Waals surface area contributed by atoms with Gasteiger partial charge in [0.25, 0.3) is 0 Å². The van der Waals surface area contributed by atoms with Crippen LogP contribution in [-0.2, 0) is 0 Å². The predicted molar refractivity (Wildman–Crippen MR) is 22.2 cm³/mol. The molecular formula is C3H7N2O2. The average molecular weight is 103 g/mol. The molecule has 0 aromatic rings. The lowest BCUT2D eigenvalue weighted by molar-refractivity contribution is 0.0885. The summed E-state index contributed by atoms with van der Waals surface area (Å²) in [5.41, 5.74) is 0. The molecule has 0 aromatic carbocycles. The van der Waals surface area contributed by atoms with E-state index >= 15 is 0 Å². The molecule has 0 saturated carbocycles. The summed E-state index contributed by atoms with van der Waals surface area (Å²) < 4.78 is 0. The van der Waals surface area contributed by atoms with Crippen molar-refractivity contribution in [3.63, 3.8) is 0 Å². The second kappa shape index (κ2) is 1.75. The van der Waals surface area contributed by atoms with Crippen molar-refractivity contribution < 1.29 is 10.2 Å². The minimum Gasteiger partial charge on any atom is -0.376 e. The van der Waals surface area contributed by atoms with Gasteiger partial charge in [-0.3, -0.25) is 5.32 Å².